The molecule has 2 unspecified atom stereocenters. The zero-order valence-corrected chi connectivity index (χ0v) is 12.9. The summed E-state index contributed by atoms with van der Waals surface area (Å²) >= 11 is 0. The van der Waals surface area contributed by atoms with E-state index in [1.807, 2.05) is 25.1 Å². The van der Waals surface area contributed by atoms with Crippen molar-refractivity contribution in [3.63, 3.8) is 0 Å². The van der Waals surface area contributed by atoms with Crippen LogP contribution in [0.1, 0.15) is 43.5 Å². The van der Waals surface area contributed by atoms with Gasteiger partial charge in [-0.15, -0.1) is 0 Å². The Kier molecular flexibility index (Phi) is 4.15. The first-order chi connectivity index (χ1) is 10.2. The number of ketones is 1. The molecule has 1 N–H and O–H groups in total. The van der Waals surface area contributed by atoms with Crippen LogP contribution < -0.4 is 10.1 Å². The third-order valence-electron chi connectivity index (χ3n) is 4.67. The number of nitrogens with one attached hydrogen (secondary N) is 1. The quantitative estimate of drug-likeness (QED) is 0.868. The van der Waals surface area contributed by atoms with Crippen LogP contribution in [0, 0.1) is 0 Å². The number of fused-ring (bicyclic) bond motifs is 1. The Morgan fingerprint density at radius 2 is 2.29 bits per heavy atom. The fourth-order valence-electron chi connectivity index (χ4n) is 3.38. The third kappa shape index (κ3) is 2.91. The molecular formula is C17H24N2O2. The average molecular weight is 288 g/mol. The van der Waals surface area contributed by atoms with E-state index < -0.39 is 0 Å². The maximum Gasteiger partial charge on any atom is 0.179 e. The molecule has 1 aromatic rings. The van der Waals surface area contributed by atoms with Gasteiger partial charge in [0.1, 0.15) is 12.4 Å². The average Bonchev–Trinajstić information content (AvgIpc) is 2.53. The highest BCUT2D eigenvalue weighted by Crippen LogP contribution is 2.29. The number of carbonyl (C=O) groups is 1. The SMILES string of the molecule is CC1CCCCN1C(C)C(=O)c1ccc2c(c1)NCCO2. The highest BCUT2D eigenvalue weighted by Gasteiger charge is 2.28. The topological polar surface area (TPSA) is 41.6 Å². The van der Waals surface area contributed by atoms with Crippen LogP contribution in [0.25, 0.3) is 0 Å². The molecule has 0 amide bonds. The molecule has 1 saturated heterocycles. The monoisotopic (exact) mass is 288 g/mol. The molecule has 0 saturated carbocycles. The first-order valence-electron chi connectivity index (χ1n) is 7.97. The lowest BCUT2D eigenvalue weighted by atomic mass is 9.97. The minimum atomic E-state index is -0.0529. The van der Waals surface area contributed by atoms with Gasteiger partial charge in [-0.25, -0.2) is 0 Å². The lowest BCUT2D eigenvalue weighted by Crippen LogP contribution is -2.47. The van der Waals surface area contributed by atoms with E-state index in [1.54, 1.807) is 0 Å². The highest BCUT2D eigenvalue weighted by atomic mass is 16.5. The molecular weight excluding hydrogens is 264 g/mol. The molecule has 2 atom stereocenters. The van der Waals surface area contributed by atoms with Crippen LogP contribution in [-0.4, -0.2) is 42.5 Å². The summed E-state index contributed by atoms with van der Waals surface area (Å²) in [6, 6.07) is 6.17. The molecule has 2 aliphatic heterocycles. The van der Waals surface area contributed by atoms with Gasteiger partial charge < -0.3 is 10.1 Å². The van der Waals surface area contributed by atoms with Gasteiger partial charge in [0.15, 0.2) is 5.78 Å². The van der Waals surface area contributed by atoms with Crippen molar-refractivity contribution >= 4 is 11.5 Å². The summed E-state index contributed by atoms with van der Waals surface area (Å²) in [6.45, 7) is 6.77. The summed E-state index contributed by atoms with van der Waals surface area (Å²) in [7, 11) is 0. The van der Waals surface area contributed by atoms with Gasteiger partial charge in [-0.3, -0.25) is 9.69 Å². The highest BCUT2D eigenvalue weighted by molar-refractivity contribution is 6.01. The van der Waals surface area contributed by atoms with Crippen molar-refractivity contribution in [1.82, 2.24) is 4.90 Å². The molecule has 0 spiro atoms. The van der Waals surface area contributed by atoms with Gasteiger partial charge in [0.25, 0.3) is 0 Å². The first-order valence-corrected chi connectivity index (χ1v) is 7.97. The number of nitrogens with zero attached hydrogens (tertiary/aromatic N) is 1. The standard InChI is InChI=1S/C17H24N2O2/c1-12-5-3-4-9-19(12)13(2)17(20)14-6-7-16-15(11-14)18-8-10-21-16/h6-7,11-13,18H,3-5,8-10H2,1-2H3. The van der Waals surface area contributed by atoms with E-state index in [9.17, 15) is 4.79 Å². The summed E-state index contributed by atoms with van der Waals surface area (Å²) < 4.78 is 5.57. The second-order valence-corrected chi connectivity index (χ2v) is 6.11. The molecule has 0 aliphatic carbocycles. The van der Waals surface area contributed by atoms with Gasteiger partial charge in [0.2, 0.25) is 0 Å². The van der Waals surface area contributed by atoms with Crippen molar-refractivity contribution in [2.24, 2.45) is 0 Å². The Morgan fingerprint density at radius 1 is 1.43 bits per heavy atom. The molecule has 21 heavy (non-hydrogen) atoms. The van der Waals surface area contributed by atoms with Gasteiger partial charge in [-0.05, 0) is 51.4 Å². The minimum absolute atomic E-state index is 0.0529. The number of likely N-dealkylation sites (tertiary alicyclic amines) is 1. The van der Waals surface area contributed by atoms with Crippen LogP contribution >= 0.6 is 0 Å². The smallest absolute Gasteiger partial charge is 0.179 e. The number of benzene rings is 1. The van der Waals surface area contributed by atoms with Crippen LogP contribution in [0.15, 0.2) is 18.2 Å². The van der Waals surface area contributed by atoms with E-state index in [0.29, 0.717) is 12.6 Å². The van der Waals surface area contributed by atoms with E-state index in [1.165, 1.54) is 19.3 Å². The molecule has 1 aromatic carbocycles. The maximum atomic E-state index is 12.8. The summed E-state index contributed by atoms with van der Waals surface area (Å²) in [5, 5.41) is 3.29. The Labute approximate surface area is 126 Å². The van der Waals surface area contributed by atoms with Crippen molar-refractivity contribution in [1.29, 1.82) is 0 Å². The number of Topliss-reactive ketones (excluding diaryl/α,β-unsaturated/α-hetero) is 1. The second-order valence-electron chi connectivity index (χ2n) is 6.11. The van der Waals surface area contributed by atoms with Crippen molar-refractivity contribution < 1.29 is 9.53 Å². The number of hydrogen-bond acceptors (Lipinski definition) is 4. The van der Waals surface area contributed by atoms with E-state index >= 15 is 0 Å². The van der Waals surface area contributed by atoms with Crippen molar-refractivity contribution in [2.75, 3.05) is 25.0 Å². The van der Waals surface area contributed by atoms with Crippen LogP contribution in [-0.2, 0) is 0 Å². The molecule has 2 aliphatic rings. The summed E-state index contributed by atoms with van der Waals surface area (Å²) in [6.07, 6.45) is 3.66. The van der Waals surface area contributed by atoms with E-state index in [-0.39, 0.29) is 11.8 Å². The normalized spacial score (nSPS) is 23.6. The number of piperidine rings is 1. The van der Waals surface area contributed by atoms with Crippen LogP contribution in [0.5, 0.6) is 5.75 Å². The largest absolute Gasteiger partial charge is 0.490 e. The lowest BCUT2D eigenvalue weighted by molar-refractivity contribution is 0.0701. The summed E-state index contributed by atoms with van der Waals surface area (Å²) in [4.78, 5) is 15.1. The van der Waals surface area contributed by atoms with Crippen molar-refractivity contribution in [3.8, 4) is 5.75 Å². The fourth-order valence-corrected chi connectivity index (χ4v) is 3.38. The van der Waals surface area contributed by atoms with E-state index in [2.05, 4.69) is 17.1 Å². The van der Waals surface area contributed by atoms with Gasteiger partial charge in [-0.1, -0.05) is 6.42 Å². The molecule has 0 bridgehead atoms. The number of carbonyl (C=O) groups excluding carboxylic acids is 1. The Bertz CT molecular complexity index is 530. The van der Waals surface area contributed by atoms with E-state index in [0.717, 1.165) is 30.1 Å². The van der Waals surface area contributed by atoms with E-state index in [4.69, 9.17) is 4.74 Å². The maximum absolute atomic E-state index is 12.8. The number of hydrogen-bond donors (Lipinski definition) is 1. The van der Waals surface area contributed by atoms with Gasteiger partial charge in [0, 0.05) is 18.2 Å². The molecule has 0 aromatic heterocycles. The second kappa shape index (κ2) is 6.06. The molecule has 3 rings (SSSR count). The Hall–Kier alpha value is -1.55. The number of rotatable bonds is 3. The van der Waals surface area contributed by atoms with Crippen molar-refractivity contribution in [3.05, 3.63) is 23.8 Å². The number of ether oxygens (including phenoxy) is 1. The fraction of sp³-hybridized carbons (Fsp3) is 0.588. The minimum Gasteiger partial charge on any atom is -0.490 e. The zero-order chi connectivity index (χ0) is 14.8. The molecule has 0 radical (unpaired) electrons. The van der Waals surface area contributed by atoms with Gasteiger partial charge in [-0.2, -0.15) is 0 Å². The molecule has 4 heteroatoms. The van der Waals surface area contributed by atoms with Crippen LogP contribution in [0.2, 0.25) is 0 Å². The number of anilines is 1. The molecule has 2 heterocycles. The van der Waals surface area contributed by atoms with Crippen LogP contribution in [0.3, 0.4) is 0 Å². The van der Waals surface area contributed by atoms with Crippen LogP contribution in [0.4, 0.5) is 5.69 Å². The predicted molar refractivity (Wildman–Crippen MR) is 84.2 cm³/mol. The predicted octanol–water partition coefficient (Wildman–Crippen LogP) is 2.94. The Balaban J connectivity index is 1.77. The van der Waals surface area contributed by atoms with Gasteiger partial charge >= 0.3 is 0 Å². The van der Waals surface area contributed by atoms with Crippen molar-refractivity contribution in [2.45, 2.75) is 45.2 Å². The summed E-state index contributed by atoms with van der Waals surface area (Å²) in [5.74, 6) is 1.05. The summed E-state index contributed by atoms with van der Waals surface area (Å²) in [5.41, 5.74) is 1.71. The first kappa shape index (κ1) is 14.4. The molecule has 114 valence electrons. The Morgan fingerprint density at radius 3 is 3.10 bits per heavy atom. The zero-order valence-electron chi connectivity index (χ0n) is 12.9. The van der Waals surface area contributed by atoms with Gasteiger partial charge in [0.05, 0.1) is 11.7 Å². The molecule has 1 fully saturated rings. The molecule has 4 nitrogen and oxygen atoms in total. The lowest BCUT2D eigenvalue weighted by Gasteiger charge is -2.37. The third-order valence-corrected chi connectivity index (χ3v) is 4.67.